The normalized spacial score (nSPS) is 18.9. The van der Waals surface area contributed by atoms with Crippen LogP contribution in [0, 0.1) is 35.2 Å². The van der Waals surface area contributed by atoms with Gasteiger partial charge in [-0.25, -0.2) is 23.1 Å². The fourth-order valence-corrected chi connectivity index (χ4v) is 5.66. The van der Waals surface area contributed by atoms with Crippen molar-refractivity contribution in [2.75, 3.05) is 11.9 Å². The molecule has 0 radical (unpaired) electrons. The molecule has 1 fully saturated rings. The maximum atomic E-state index is 15.6. The minimum Gasteiger partial charge on any atom is -0.481 e. The van der Waals surface area contributed by atoms with E-state index >= 15 is 4.39 Å². The van der Waals surface area contributed by atoms with Crippen LogP contribution in [0.1, 0.15) is 32.6 Å². The summed E-state index contributed by atoms with van der Waals surface area (Å²) in [5, 5.41) is 14.8. The Morgan fingerprint density at radius 3 is 2.69 bits per heavy atom. The van der Waals surface area contributed by atoms with Gasteiger partial charge in [-0.2, -0.15) is 0 Å². The maximum absolute atomic E-state index is 15.6. The zero-order valence-corrected chi connectivity index (χ0v) is 20.3. The number of hydrogen-bond acceptors (Lipinski definition) is 5. The van der Waals surface area contributed by atoms with E-state index < -0.39 is 29.3 Å². The number of aromatic nitrogens is 3. The molecular weight excluding hydrogens is 489 g/mol. The zero-order chi connectivity index (χ0) is 25.4. The number of H-pyrrole nitrogens is 1. The van der Waals surface area contributed by atoms with Crippen LogP contribution in [0.25, 0.3) is 32.9 Å². The number of nitrogens with one attached hydrogen (secondary N) is 2. The van der Waals surface area contributed by atoms with Crippen molar-refractivity contribution in [1.82, 2.24) is 15.0 Å². The number of halogens is 3. The minimum atomic E-state index is -0.933. The molecule has 10 heteroatoms. The first-order chi connectivity index (χ1) is 17.3. The Hall–Kier alpha value is -3.40. The third kappa shape index (κ3) is 4.69. The van der Waals surface area contributed by atoms with E-state index in [-0.39, 0.29) is 40.7 Å². The van der Waals surface area contributed by atoms with Crippen LogP contribution in [0.2, 0.25) is 0 Å². The van der Waals surface area contributed by atoms with Gasteiger partial charge in [-0.15, -0.1) is 11.3 Å². The second-order valence-electron chi connectivity index (χ2n) is 9.39. The van der Waals surface area contributed by atoms with Crippen molar-refractivity contribution in [2.24, 2.45) is 17.8 Å². The van der Waals surface area contributed by atoms with Crippen molar-refractivity contribution >= 4 is 34.0 Å². The predicted octanol–water partition coefficient (Wildman–Crippen LogP) is 6.71. The van der Waals surface area contributed by atoms with Gasteiger partial charge in [0.15, 0.2) is 17.5 Å². The summed E-state index contributed by atoms with van der Waals surface area (Å²) in [5.41, 5.74) is 0.423. The molecule has 0 spiro atoms. The third-order valence-electron chi connectivity index (χ3n) is 6.99. The molecule has 188 valence electrons. The molecule has 0 amide bonds. The van der Waals surface area contributed by atoms with Gasteiger partial charge in [0.25, 0.3) is 0 Å². The maximum Gasteiger partial charge on any atom is 0.308 e. The molecule has 3 aromatic heterocycles. The number of nitrogens with zero attached hydrogens (tertiary/aromatic N) is 2. The second-order valence-corrected chi connectivity index (χ2v) is 10.3. The Labute approximate surface area is 209 Å². The number of anilines is 1. The van der Waals surface area contributed by atoms with E-state index in [0.717, 1.165) is 31.7 Å². The van der Waals surface area contributed by atoms with E-state index in [1.54, 1.807) is 17.5 Å². The average molecular weight is 515 g/mol. The van der Waals surface area contributed by atoms with E-state index in [1.165, 1.54) is 23.6 Å². The third-order valence-corrected chi connectivity index (χ3v) is 7.87. The molecule has 3 N–H and O–H groups in total. The number of carbonyl (C=O) groups is 1. The highest BCUT2D eigenvalue weighted by atomic mass is 32.1. The average Bonchev–Trinajstić information content (AvgIpc) is 3.52. The van der Waals surface area contributed by atoms with Gasteiger partial charge in [-0.3, -0.25) is 4.79 Å². The molecular formula is C26H25F3N4O2S. The number of aliphatic carboxylic acids is 1. The molecule has 1 aliphatic carbocycles. The van der Waals surface area contributed by atoms with Crippen molar-refractivity contribution < 1.29 is 23.1 Å². The molecule has 4 aromatic rings. The van der Waals surface area contributed by atoms with Gasteiger partial charge in [0.05, 0.1) is 16.3 Å². The highest BCUT2D eigenvalue weighted by Crippen LogP contribution is 2.36. The molecule has 1 aromatic carbocycles. The SMILES string of the molecule is CC1CCC([C@@H](CNc2nc(-c3c[nH]c4c(F)cc(F)cc34)nc(-c3cccs3)c2F)C(=O)O)CC1. The quantitative estimate of drug-likeness (QED) is 0.255. The molecule has 36 heavy (non-hydrogen) atoms. The number of carboxylic acids is 1. The topological polar surface area (TPSA) is 90.9 Å². The van der Waals surface area contributed by atoms with Crippen molar-refractivity contribution in [3.05, 3.63) is 53.3 Å². The van der Waals surface area contributed by atoms with Crippen LogP contribution < -0.4 is 5.32 Å². The molecule has 1 saturated carbocycles. The molecule has 6 nitrogen and oxygen atoms in total. The minimum absolute atomic E-state index is 0.00275. The molecule has 0 saturated heterocycles. The zero-order valence-electron chi connectivity index (χ0n) is 19.5. The lowest BCUT2D eigenvalue weighted by Gasteiger charge is -2.30. The number of aromatic amines is 1. The molecule has 1 aliphatic rings. The van der Waals surface area contributed by atoms with Crippen molar-refractivity contribution in [1.29, 1.82) is 0 Å². The molecule has 0 aliphatic heterocycles. The first-order valence-corrected chi connectivity index (χ1v) is 12.7. The van der Waals surface area contributed by atoms with Crippen LogP contribution in [0.3, 0.4) is 0 Å². The predicted molar refractivity (Wildman–Crippen MR) is 133 cm³/mol. The van der Waals surface area contributed by atoms with Crippen molar-refractivity contribution in [3.8, 4) is 22.0 Å². The number of thiophene rings is 1. The molecule has 1 atom stereocenters. The fraction of sp³-hybridized carbons (Fsp3) is 0.346. The van der Waals surface area contributed by atoms with Crippen LogP contribution in [0.5, 0.6) is 0 Å². The van der Waals surface area contributed by atoms with Gasteiger partial charge < -0.3 is 15.4 Å². The highest BCUT2D eigenvalue weighted by Gasteiger charge is 2.31. The lowest BCUT2D eigenvalue weighted by molar-refractivity contribution is -0.143. The fourth-order valence-electron chi connectivity index (χ4n) is 4.95. The highest BCUT2D eigenvalue weighted by molar-refractivity contribution is 7.13. The van der Waals surface area contributed by atoms with Crippen LogP contribution >= 0.6 is 11.3 Å². The Balaban J connectivity index is 1.54. The summed E-state index contributed by atoms with van der Waals surface area (Å²) in [6, 6.07) is 5.41. The smallest absolute Gasteiger partial charge is 0.308 e. The van der Waals surface area contributed by atoms with E-state index in [2.05, 4.69) is 27.2 Å². The van der Waals surface area contributed by atoms with Crippen LogP contribution in [-0.2, 0) is 4.79 Å². The Morgan fingerprint density at radius 2 is 2.00 bits per heavy atom. The van der Waals surface area contributed by atoms with E-state index in [0.29, 0.717) is 16.4 Å². The van der Waals surface area contributed by atoms with Crippen LogP contribution in [0.4, 0.5) is 19.0 Å². The molecule has 0 unspecified atom stereocenters. The Morgan fingerprint density at radius 1 is 1.22 bits per heavy atom. The second kappa shape index (κ2) is 9.93. The summed E-state index contributed by atoms with van der Waals surface area (Å²) in [6.07, 6.45) is 5.01. The largest absolute Gasteiger partial charge is 0.481 e. The van der Waals surface area contributed by atoms with E-state index in [1.807, 2.05) is 0 Å². The standard InChI is InChI=1S/C26H25F3N4O2S/c1-13-4-6-14(7-5-13)17(26(34)35)11-31-25-21(29)23(20-3-2-8-36-20)32-24(33-25)18-12-30-22-16(18)9-15(27)10-19(22)28/h2-3,8-10,12-14,17,30H,4-7,11H2,1H3,(H,34,35)(H,31,32,33)/t13?,14?,17-/m1/s1. The van der Waals surface area contributed by atoms with Crippen LogP contribution in [-0.4, -0.2) is 32.6 Å². The van der Waals surface area contributed by atoms with Gasteiger partial charge in [0.1, 0.15) is 17.3 Å². The van der Waals surface area contributed by atoms with Gasteiger partial charge in [-0.1, -0.05) is 25.8 Å². The Bertz CT molecular complexity index is 1400. The summed E-state index contributed by atoms with van der Waals surface area (Å²) < 4.78 is 43.8. The van der Waals surface area contributed by atoms with E-state index in [4.69, 9.17) is 0 Å². The summed E-state index contributed by atoms with van der Waals surface area (Å²) in [4.78, 5) is 24.1. The van der Waals surface area contributed by atoms with Crippen molar-refractivity contribution in [2.45, 2.75) is 32.6 Å². The summed E-state index contributed by atoms with van der Waals surface area (Å²) in [5.74, 6) is -3.37. The van der Waals surface area contributed by atoms with Gasteiger partial charge in [-0.05, 0) is 42.2 Å². The van der Waals surface area contributed by atoms with Gasteiger partial charge in [0, 0.05) is 29.8 Å². The van der Waals surface area contributed by atoms with Crippen molar-refractivity contribution in [3.63, 3.8) is 0 Å². The lowest BCUT2D eigenvalue weighted by atomic mass is 9.76. The Kier molecular flexibility index (Phi) is 6.70. The van der Waals surface area contributed by atoms with Gasteiger partial charge in [0.2, 0.25) is 0 Å². The number of benzene rings is 1. The lowest BCUT2D eigenvalue weighted by Crippen LogP contribution is -2.33. The number of rotatable bonds is 7. The first-order valence-electron chi connectivity index (χ1n) is 11.9. The monoisotopic (exact) mass is 514 g/mol. The summed E-state index contributed by atoms with van der Waals surface area (Å²) >= 11 is 1.29. The number of carboxylic acid groups (broad SMARTS) is 1. The van der Waals surface area contributed by atoms with Gasteiger partial charge >= 0.3 is 5.97 Å². The number of hydrogen-bond donors (Lipinski definition) is 3. The summed E-state index contributed by atoms with van der Waals surface area (Å²) in [6.45, 7) is 2.17. The van der Waals surface area contributed by atoms with E-state index in [9.17, 15) is 18.7 Å². The molecule has 5 rings (SSSR count). The molecule has 3 heterocycles. The molecule has 0 bridgehead atoms. The summed E-state index contributed by atoms with van der Waals surface area (Å²) in [7, 11) is 0. The first kappa shape index (κ1) is 24.3. The van der Waals surface area contributed by atoms with Crippen LogP contribution in [0.15, 0.2) is 35.8 Å². The number of fused-ring (bicyclic) bond motifs is 1.